The maximum atomic E-state index is 10.0. The van der Waals surface area contributed by atoms with Gasteiger partial charge in [-0.1, -0.05) is 0 Å². The second-order valence-corrected chi connectivity index (χ2v) is 2.79. The number of hydrogen-bond donors (Lipinski definition) is 2. The maximum absolute atomic E-state index is 10.0. The number of carbonyl (C=O) groups excluding carboxylic acids is 2. The van der Waals surface area contributed by atoms with Crippen LogP contribution in [0.2, 0.25) is 0 Å². The zero-order valence-electron chi connectivity index (χ0n) is 10.2. The van der Waals surface area contributed by atoms with Gasteiger partial charge in [0.15, 0.2) is 11.6 Å². The van der Waals surface area contributed by atoms with Crippen LogP contribution >= 0.6 is 0 Å². The van der Waals surface area contributed by atoms with Crippen LogP contribution in [0.3, 0.4) is 0 Å². The number of carbonyl (C=O) groups is 2. The molecule has 6 nitrogen and oxygen atoms in total. The summed E-state index contributed by atoms with van der Waals surface area (Å²) in [4.78, 5) is 20.0. The predicted molar refractivity (Wildman–Crippen MR) is 61.4 cm³/mol. The molecule has 0 aromatic heterocycles. The maximum Gasteiger partial charge on any atom is 0.155 e. The van der Waals surface area contributed by atoms with Crippen molar-refractivity contribution in [1.82, 2.24) is 0 Å². The molecule has 0 saturated carbocycles. The van der Waals surface area contributed by atoms with Gasteiger partial charge in [-0.2, -0.15) is 0 Å². The second-order valence-electron chi connectivity index (χ2n) is 2.79. The first-order valence-corrected chi connectivity index (χ1v) is 4.01. The molecule has 7 heteroatoms. The summed E-state index contributed by atoms with van der Waals surface area (Å²) in [5, 5.41) is 16.7. The third-order valence-electron chi connectivity index (χ3n) is 0.824. The second kappa shape index (κ2) is 17.2. The Balaban J connectivity index is -0.0000000480. The van der Waals surface area contributed by atoms with Crippen LogP contribution in [-0.2, 0) is 26.1 Å². The number of aliphatic hydroxyl groups excluding tert-OH is 2. The first kappa shape index (κ1) is 29.7. The van der Waals surface area contributed by atoms with E-state index < -0.39 is 0 Å². The molecule has 0 aliphatic heterocycles. The van der Waals surface area contributed by atoms with Gasteiger partial charge in [0, 0.05) is 28.6 Å². The smallest absolute Gasteiger partial charge is 0.155 e. The van der Waals surface area contributed by atoms with E-state index in [2.05, 4.69) is 0 Å². The van der Waals surface area contributed by atoms with Gasteiger partial charge in [0.1, 0.15) is 0 Å². The molecule has 0 fully saturated rings. The molecule has 0 spiro atoms. The van der Waals surface area contributed by atoms with Crippen molar-refractivity contribution in [3.63, 3.8) is 0 Å². The zero-order valence-corrected chi connectivity index (χ0v) is 11.2. The Hall–Kier alpha value is -1.17. The van der Waals surface area contributed by atoms with Crippen LogP contribution in [0.25, 0.3) is 0 Å². The van der Waals surface area contributed by atoms with Crippen LogP contribution in [0.15, 0.2) is 23.7 Å². The Bertz CT molecular complexity index is 234. The van der Waals surface area contributed by atoms with Gasteiger partial charge in [-0.15, -0.1) is 0 Å². The summed E-state index contributed by atoms with van der Waals surface area (Å²) in [5.41, 5.74) is 0. The number of rotatable bonds is 2. The number of hydrogen-bond acceptors (Lipinski definition) is 4. The average Bonchev–Trinajstić information content (AvgIpc) is 1.79. The summed E-state index contributed by atoms with van der Waals surface area (Å²) in [6.07, 6.45) is 2.33. The van der Waals surface area contributed by atoms with Crippen molar-refractivity contribution in [3.8, 4) is 0 Å². The van der Waals surface area contributed by atoms with Gasteiger partial charge < -0.3 is 21.2 Å². The molecule has 17 heavy (non-hydrogen) atoms. The summed E-state index contributed by atoms with van der Waals surface area (Å²) >= 11 is 0. The minimum absolute atomic E-state index is 0. The Morgan fingerprint density at radius 2 is 0.941 bits per heavy atom. The average molecular weight is 295 g/mol. The van der Waals surface area contributed by atoms with Gasteiger partial charge in [0.05, 0.1) is 11.5 Å². The van der Waals surface area contributed by atoms with Crippen molar-refractivity contribution in [2.45, 2.75) is 27.7 Å². The van der Waals surface area contributed by atoms with Crippen molar-refractivity contribution in [3.05, 3.63) is 23.7 Å². The predicted octanol–water partition coefficient (Wildman–Crippen LogP) is 0.422. The molecule has 0 rings (SSSR count). The van der Waals surface area contributed by atoms with Gasteiger partial charge >= 0.3 is 0 Å². The van der Waals surface area contributed by atoms with Crippen LogP contribution in [0.1, 0.15) is 27.7 Å². The normalized spacial score (nSPS) is 9.41. The molecule has 0 heterocycles. The first-order valence-electron chi connectivity index (χ1n) is 4.01. The molecule has 0 aliphatic rings. The molecule has 0 aliphatic carbocycles. The molecule has 0 saturated heterocycles. The summed E-state index contributed by atoms with van der Waals surface area (Å²) in [6, 6.07) is 0. The van der Waals surface area contributed by atoms with Crippen LogP contribution in [0, 0.1) is 0 Å². The van der Waals surface area contributed by atoms with Gasteiger partial charge in [0.25, 0.3) is 0 Å². The van der Waals surface area contributed by atoms with Crippen molar-refractivity contribution >= 4 is 11.6 Å². The van der Waals surface area contributed by atoms with Crippen LogP contribution in [0.4, 0.5) is 0 Å². The van der Waals surface area contributed by atoms with E-state index in [0.29, 0.717) is 0 Å². The van der Waals surface area contributed by atoms with Crippen LogP contribution in [-0.4, -0.2) is 32.7 Å². The Kier molecular flexibility index (Phi) is 30.1. The van der Waals surface area contributed by atoms with E-state index in [9.17, 15) is 9.59 Å². The summed E-state index contributed by atoms with van der Waals surface area (Å²) in [5.74, 6) is -0.125. The monoisotopic (exact) mass is 294 g/mol. The third kappa shape index (κ3) is 52.3. The minimum atomic E-state index is -0.125. The molecule has 0 aromatic rings. The third-order valence-corrected chi connectivity index (χ3v) is 0.824. The van der Waals surface area contributed by atoms with Gasteiger partial charge in [0.2, 0.25) is 0 Å². The largest absolute Gasteiger partial charge is 0.512 e. The SMILES string of the molecule is CC(=O)/C=C(\C)O.CC(=O)/C=C(\C)O.O.O.[Ni]. The zero-order chi connectivity index (χ0) is 11.7. The van der Waals surface area contributed by atoms with E-state index in [1.807, 2.05) is 0 Å². The molecule has 0 aromatic carbocycles. The molecule has 0 radical (unpaired) electrons. The Morgan fingerprint density at radius 3 is 0.941 bits per heavy atom. The van der Waals surface area contributed by atoms with Crippen molar-refractivity contribution in [2.24, 2.45) is 0 Å². The number of ketones is 2. The fourth-order valence-electron chi connectivity index (χ4n) is 0.588. The summed E-state index contributed by atoms with van der Waals surface area (Å²) in [6.45, 7) is 5.70. The van der Waals surface area contributed by atoms with Crippen molar-refractivity contribution in [2.75, 3.05) is 0 Å². The molecule has 0 bridgehead atoms. The minimum Gasteiger partial charge on any atom is -0.512 e. The van der Waals surface area contributed by atoms with Crippen molar-refractivity contribution in [1.29, 1.82) is 0 Å². The van der Waals surface area contributed by atoms with E-state index in [1.54, 1.807) is 0 Å². The Morgan fingerprint density at radius 1 is 0.765 bits per heavy atom. The molecule has 106 valence electrons. The number of aliphatic hydroxyl groups is 2. The summed E-state index contributed by atoms with van der Waals surface area (Å²) in [7, 11) is 0. The van der Waals surface area contributed by atoms with E-state index >= 15 is 0 Å². The standard InChI is InChI=1S/2C5H8O2.Ni.2H2O/c2*1-4(6)3-5(2)7;;;/h2*3,6H,1-2H3;;2*1H2/b2*4-3+;;;. The van der Waals surface area contributed by atoms with E-state index in [0.717, 1.165) is 0 Å². The molecule has 0 unspecified atom stereocenters. The van der Waals surface area contributed by atoms with E-state index in [-0.39, 0.29) is 50.5 Å². The summed E-state index contributed by atoms with van der Waals surface area (Å²) < 4.78 is 0. The number of allylic oxidation sites excluding steroid dienone is 4. The van der Waals surface area contributed by atoms with Crippen LogP contribution in [0.5, 0.6) is 0 Å². The van der Waals surface area contributed by atoms with Crippen molar-refractivity contribution < 1.29 is 47.2 Å². The first-order chi connectivity index (χ1) is 6.25. The quantitative estimate of drug-likeness (QED) is 0.433. The van der Waals surface area contributed by atoms with Crippen LogP contribution < -0.4 is 0 Å². The molecule has 0 amide bonds. The fourth-order valence-corrected chi connectivity index (χ4v) is 0.588. The van der Waals surface area contributed by atoms with E-state index in [4.69, 9.17) is 10.2 Å². The molecular formula is C10H20NiO6. The van der Waals surface area contributed by atoms with Gasteiger partial charge in [-0.05, 0) is 27.7 Å². The molecule has 0 atom stereocenters. The van der Waals surface area contributed by atoms with E-state index in [1.165, 1.54) is 39.8 Å². The van der Waals surface area contributed by atoms with Gasteiger partial charge in [-0.3, -0.25) is 9.59 Å². The topological polar surface area (TPSA) is 138 Å². The fraction of sp³-hybridized carbons (Fsp3) is 0.400. The molecule has 6 N–H and O–H groups in total. The van der Waals surface area contributed by atoms with Gasteiger partial charge in [-0.25, -0.2) is 0 Å². The Labute approximate surface area is 111 Å². The molecular weight excluding hydrogens is 275 g/mol.